The molecule has 1 aromatic rings. The summed E-state index contributed by atoms with van der Waals surface area (Å²) < 4.78 is 6.10. The van der Waals surface area contributed by atoms with E-state index in [1.54, 1.807) is 0 Å². The molecule has 3 atom stereocenters. The van der Waals surface area contributed by atoms with Crippen molar-refractivity contribution in [2.24, 2.45) is 11.8 Å². The molecule has 2 heterocycles. The Labute approximate surface area is 119 Å². The Kier molecular flexibility index (Phi) is 4.12. The Morgan fingerprint density at radius 2 is 2.21 bits per heavy atom. The molecule has 2 saturated heterocycles. The van der Waals surface area contributed by atoms with Crippen LogP contribution in [0.4, 0.5) is 0 Å². The van der Waals surface area contributed by atoms with Crippen LogP contribution in [0.25, 0.3) is 0 Å². The maximum absolute atomic E-state index is 6.10. The van der Waals surface area contributed by atoms with Gasteiger partial charge in [0.15, 0.2) is 0 Å². The van der Waals surface area contributed by atoms with Crippen molar-refractivity contribution in [1.82, 2.24) is 5.43 Å². The number of rotatable bonds is 3. The van der Waals surface area contributed by atoms with Crippen LogP contribution < -0.4 is 11.3 Å². The van der Waals surface area contributed by atoms with Gasteiger partial charge in [0.2, 0.25) is 0 Å². The predicted octanol–water partition coefficient (Wildman–Crippen LogP) is 2.49. The highest BCUT2D eigenvalue weighted by atomic mass is 32.2. The van der Waals surface area contributed by atoms with Gasteiger partial charge in [0.05, 0.1) is 5.60 Å². The van der Waals surface area contributed by atoms with Gasteiger partial charge in [-0.3, -0.25) is 11.3 Å². The van der Waals surface area contributed by atoms with Gasteiger partial charge < -0.3 is 4.74 Å². The minimum atomic E-state index is 0.122. The van der Waals surface area contributed by atoms with Gasteiger partial charge in [-0.1, -0.05) is 30.3 Å². The molecular formula is C15H22N2OS. The molecule has 3 nitrogen and oxygen atoms in total. The topological polar surface area (TPSA) is 47.3 Å². The lowest BCUT2D eigenvalue weighted by atomic mass is 9.79. The largest absolute Gasteiger partial charge is 0.374 e. The molecule has 0 amide bonds. The van der Waals surface area contributed by atoms with Crippen LogP contribution in [0.5, 0.6) is 0 Å². The van der Waals surface area contributed by atoms with Crippen molar-refractivity contribution in [2.45, 2.75) is 30.9 Å². The van der Waals surface area contributed by atoms with Gasteiger partial charge >= 0.3 is 0 Å². The highest BCUT2D eigenvalue weighted by Gasteiger charge is 2.42. The van der Waals surface area contributed by atoms with Crippen LogP contribution in [0.3, 0.4) is 0 Å². The van der Waals surface area contributed by atoms with Gasteiger partial charge in [-0.05, 0) is 36.5 Å². The van der Waals surface area contributed by atoms with E-state index >= 15 is 0 Å². The third kappa shape index (κ3) is 2.82. The van der Waals surface area contributed by atoms with Crippen molar-refractivity contribution >= 4 is 11.8 Å². The van der Waals surface area contributed by atoms with Gasteiger partial charge in [0, 0.05) is 18.4 Å². The highest BCUT2D eigenvalue weighted by molar-refractivity contribution is 7.99. The fraction of sp³-hybridized carbons (Fsp3) is 0.600. The summed E-state index contributed by atoms with van der Waals surface area (Å²) in [7, 11) is 0. The first kappa shape index (κ1) is 13.4. The Balaban J connectivity index is 1.76. The van der Waals surface area contributed by atoms with Crippen LogP contribution in [0.15, 0.2) is 30.3 Å². The predicted molar refractivity (Wildman–Crippen MR) is 79.9 cm³/mol. The van der Waals surface area contributed by atoms with E-state index < -0.39 is 0 Å². The molecule has 3 unspecified atom stereocenters. The Morgan fingerprint density at radius 3 is 2.89 bits per heavy atom. The molecule has 0 bridgehead atoms. The van der Waals surface area contributed by atoms with Gasteiger partial charge in [0.1, 0.15) is 0 Å². The van der Waals surface area contributed by atoms with Crippen LogP contribution in [-0.4, -0.2) is 23.7 Å². The Morgan fingerprint density at radius 1 is 1.37 bits per heavy atom. The van der Waals surface area contributed by atoms with Crippen LogP contribution in [0.2, 0.25) is 0 Å². The third-order valence-corrected chi connectivity index (χ3v) is 5.63. The van der Waals surface area contributed by atoms with E-state index in [1.165, 1.54) is 17.7 Å². The van der Waals surface area contributed by atoms with Crippen LogP contribution in [-0.2, 0) is 4.74 Å². The first-order valence-corrected chi connectivity index (χ1v) is 8.21. The van der Waals surface area contributed by atoms with Crippen molar-refractivity contribution < 1.29 is 4.74 Å². The number of hydrogen-bond acceptors (Lipinski definition) is 4. The zero-order chi connectivity index (χ0) is 13.1. The fourth-order valence-corrected chi connectivity index (χ4v) is 4.76. The normalized spacial score (nSPS) is 32.6. The number of thioether (sulfide) groups is 1. The number of hydrogen-bond donors (Lipinski definition) is 2. The molecule has 2 aliphatic rings. The molecule has 4 heteroatoms. The van der Waals surface area contributed by atoms with Gasteiger partial charge in [-0.25, -0.2) is 0 Å². The summed E-state index contributed by atoms with van der Waals surface area (Å²) in [5.74, 6) is 8.78. The van der Waals surface area contributed by atoms with Crippen LogP contribution in [0.1, 0.15) is 30.9 Å². The molecule has 1 aromatic carbocycles. The summed E-state index contributed by atoms with van der Waals surface area (Å²) in [4.78, 5) is 0. The summed E-state index contributed by atoms with van der Waals surface area (Å²) in [5, 5.41) is 0. The van der Waals surface area contributed by atoms with Gasteiger partial charge in [-0.2, -0.15) is 11.8 Å². The van der Waals surface area contributed by atoms with Crippen molar-refractivity contribution in [3.8, 4) is 0 Å². The SMILES string of the molecule is NNC(c1ccccc1)C1CCOC2(CCSC2)C1. The van der Waals surface area contributed by atoms with E-state index in [-0.39, 0.29) is 11.6 Å². The van der Waals surface area contributed by atoms with Crippen molar-refractivity contribution in [3.63, 3.8) is 0 Å². The van der Waals surface area contributed by atoms with E-state index in [0.717, 1.165) is 25.2 Å². The smallest absolute Gasteiger partial charge is 0.0783 e. The molecule has 2 aliphatic heterocycles. The monoisotopic (exact) mass is 278 g/mol. The van der Waals surface area contributed by atoms with Gasteiger partial charge in [0.25, 0.3) is 0 Å². The second-order valence-corrected chi connectivity index (χ2v) is 6.75. The third-order valence-electron chi connectivity index (χ3n) is 4.41. The number of nitrogens with two attached hydrogens (primary N) is 1. The lowest BCUT2D eigenvalue weighted by Crippen LogP contribution is -2.45. The molecule has 0 aromatic heterocycles. The minimum Gasteiger partial charge on any atom is -0.374 e. The number of benzene rings is 1. The minimum absolute atomic E-state index is 0.122. The van der Waals surface area contributed by atoms with E-state index in [9.17, 15) is 0 Å². The van der Waals surface area contributed by atoms with Crippen LogP contribution >= 0.6 is 11.8 Å². The lowest BCUT2D eigenvalue weighted by Gasteiger charge is -2.40. The molecule has 104 valence electrons. The number of ether oxygens (including phenoxy) is 1. The quantitative estimate of drug-likeness (QED) is 0.659. The maximum Gasteiger partial charge on any atom is 0.0783 e. The van der Waals surface area contributed by atoms with Gasteiger partial charge in [-0.15, -0.1) is 0 Å². The molecule has 1 spiro atoms. The zero-order valence-electron chi connectivity index (χ0n) is 11.2. The summed E-state index contributed by atoms with van der Waals surface area (Å²) in [5.41, 5.74) is 4.44. The number of nitrogens with one attached hydrogen (secondary N) is 1. The highest BCUT2D eigenvalue weighted by Crippen LogP contribution is 2.43. The summed E-state index contributed by atoms with van der Waals surface area (Å²) in [6.45, 7) is 0.871. The van der Waals surface area contributed by atoms with E-state index in [4.69, 9.17) is 10.6 Å². The second-order valence-electron chi connectivity index (χ2n) is 5.64. The molecule has 0 aliphatic carbocycles. The molecule has 3 N–H and O–H groups in total. The lowest BCUT2D eigenvalue weighted by molar-refractivity contribution is -0.0854. The Hall–Kier alpha value is -0.550. The van der Waals surface area contributed by atoms with Crippen molar-refractivity contribution in [3.05, 3.63) is 35.9 Å². The Bertz CT molecular complexity index is 406. The fourth-order valence-electron chi connectivity index (χ4n) is 3.38. The summed E-state index contributed by atoms with van der Waals surface area (Å²) in [6.07, 6.45) is 3.42. The maximum atomic E-state index is 6.10. The molecule has 19 heavy (non-hydrogen) atoms. The molecule has 2 fully saturated rings. The molecule has 0 radical (unpaired) electrons. The first-order chi connectivity index (χ1) is 9.33. The number of hydrazine groups is 1. The standard InChI is InChI=1S/C15H22N2OS/c16-17-14(12-4-2-1-3-5-12)13-6-8-18-15(10-13)7-9-19-11-15/h1-5,13-14,17H,6-11,16H2. The summed E-state index contributed by atoms with van der Waals surface area (Å²) in [6, 6.07) is 10.8. The van der Waals surface area contributed by atoms with E-state index in [2.05, 4.69) is 35.8 Å². The summed E-state index contributed by atoms with van der Waals surface area (Å²) >= 11 is 2.02. The van der Waals surface area contributed by atoms with Crippen LogP contribution in [0, 0.1) is 5.92 Å². The average molecular weight is 278 g/mol. The molecular weight excluding hydrogens is 256 g/mol. The average Bonchev–Trinajstić information content (AvgIpc) is 2.89. The van der Waals surface area contributed by atoms with E-state index in [1.807, 2.05) is 11.8 Å². The van der Waals surface area contributed by atoms with Crippen molar-refractivity contribution in [2.75, 3.05) is 18.1 Å². The van der Waals surface area contributed by atoms with Crippen molar-refractivity contribution in [1.29, 1.82) is 0 Å². The molecule has 0 saturated carbocycles. The second kappa shape index (κ2) is 5.83. The van der Waals surface area contributed by atoms with E-state index in [0.29, 0.717) is 5.92 Å². The zero-order valence-corrected chi connectivity index (χ0v) is 12.0. The molecule has 3 rings (SSSR count). The first-order valence-electron chi connectivity index (χ1n) is 7.06.